The van der Waals surface area contributed by atoms with E-state index in [4.69, 9.17) is 4.74 Å². The van der Waals surface area contributed by atoms with Crippen LogP contribution in [0.1, 0.15) is 45.2 Å². The van der Waals surface area contributed by atoms with E-state index in [9.17, 15) is 0 Å². The van der Waals surface area contributed by atoms with Gasteiger partial charge >= 0.3 is 0 Å². The van der Waals surface area contributed by atoms with E-state index in [0.29, 0.717) is 0 Å². The van der Waals surface area contributed by atoms with E-state index in [1.54, 1.807) is 0 Å². The molecule has 1 rings (SSSR count). The Balaban J connectivity index is 2.88. The van der Waals surface area contributed by atoms with Gasteiger partial charge in [0.25, 0.3) is 0 Å². The molecule has 0 amide bonds. The summed E-state index contributed by atoms with van der Waals surface area (Å²) in [5, 5.41) is 0. The van der Waals surface area contributed by atoms with E-state index in [-0.39, 0.29) is 5.41 Å². The molecule has 0 atom stereocenters. The van der Waals surface area contributed by atoms with Crippen molar-refractivity contribution in [2.24, 2.45) is 0 Å². The third-order valence-corrected chi connectivity index (χ3v) is 2.50. The van der Waals surface area contributed by atoms with Gasteiger partial charge in [-0.05, 0) is 36.0 Å². The summed E-state index contributed by atoms with van der Waals surface area (Å²) in [6.07, 6.45) is 1.06. The average molecular weight is 206 g/mol. The van der Waals surface area contributed by atoms with Crippen LogP contribution in [0.3, 0.4) is 0 Å². The third kappa shape index (κ3) is 3.26. The summed E-state index contributed by atoms with van der Waals surface area (Å²) in [6, 6.07) is 6.48. The maximum absolute atomic E-state index is 5.65. The van der Waals surface area contributed by atoms with Crippen LogP contribution in [0, 0.1) is 6.92 Å². The molecule has 0 unspecified atom stereocenters. The minimum atomic E-state index is 0.216. The van der Waals surface area contributed by atoms with Gasteiger partial charge in [0.05, 0.1) is 6.61 Å². The zero-order valence-corrected chi connectivity index (χ0v) is 10.6. The lowest BCUT2D eigenvalue weighted by molar-refractivity contribution is 0.315. The first kappa shape index (κ1) is 12.1. The van der Waals surface area contributed by atoms with E-state index in [2.05, 4.69) is 52.8 Å². The van der Waals surface area contributed by atoms with Crippen LogP contribution in [0.2, 0.25) is 0 Å². The molecule has 0 heterocycles. The summed E-state index contributed by atoms with van der Waals surface area (Å²) in [5.41, 5.74) is 2.81. The van der Waals surface area contributed by atoms with Crippen LogP contribution in [0.25, 0.3) is 0 Å². The van der Waals surface area contributed by atoms with Crippen molar-refractivity contribution in [1.29, 1.82) is 0 Å². The highest BCUT2D eigenvalue weighted by Gasteiger charge is 2.14. The maximum atomic E-state index is 5.65. The quantitative estimate of drug-likeness (QED) is 0.724. The molecule has 0 fully saturated rings. The van der Waals surface area contributed by atoms with Gasteiger partial charge in [0, 0.05) is 0 Å². The highest BCUT2D eigenvalue weighted by molar-refractivity contribution is 5.38. The van der Waals surface area contributed by atoms with Crippen LogP contribution in [-0.2, 0) is 5.41 Å². The van der Waals surface area contributed by atoms with Gasteiger partial charge in [-0.2, -0.15) is 0 Å². The van der Waals surface area contributed by atoms with Crippen molar-refractivity contribution < 1.29 is 4.74 Å². The van der Waals surface area contributed by atoms with Crippen molar-refractivity contribution in [3.05, 3.63) is 29.3 Å². The lowest BCUT2D eigenvalue weighted by Crippen LogP contribution is -2.11. The van der Waals surface area contributed by atoms with Gasteiger partial charge in [-0.25, -0.2) is 0 Å². The predicted octanol–water partition coefficient (Wildman–Crippen LogP) is 4.08. The number of ether oxygens (including phenoxy) is 1. The zero-order chi connectivity index (χ0) is 11.5. The standard InChI is InChI=1S/C14H22O/c1-6-9-15-13-8-7-12(10-11(13)2)14(3,4)5/h7-8,10H,6,9H2,1-5H3. The number of benzene rings is 1. The lowest BCUT2D eigenvalue weighted by atomic mass is 9.86. The van der Waals surface area contributed by atoms with E-state index in [1.165, 1.54) is 11.1 Å². The molecule has 1 aromatic carbocycles. The van der Waals surface area contributed by atoms with Crippen LogP contribution in [0.5, 0.6) is 5.75 Å². The van der Waals surface area contributed by atoms with Crippen LogP contribution in [-0.4, -0.2) is 6.61 Å². The summed E-state index contributed by atoms with van der Waals surface area (Å²) < 4.78 is 5.65. The molecule has 0 N–H and O–H groups in total. The third-order valence-electron chi connectivity index (χ3n) is 2.50. The molecule has 1 nitrogen and oxygen atoms in total. The Kier molecular flexibility index (Phi) is 3.78. The van der Waals surface area contributed by atoms with Crippen molar-refractivity contribution in [1.82, 2.24) is 0 Å². The minimum absolute atomic E-state index is 0.216. The van der Waals surface area contributed by atoms with Gasteiger partial charge in [-0.15, -0.1) is 0 Å². The predicted molar refractivity (Wildman–Crippen MR) is 65.7 cm³/mol. The molecule has 0 bridgehead atoms. The number of hydrogen-bond acceptors (Lipinski definition) is 1. The first-order chi connectivity index (χ1) is 6.95. The van der Waals surface area contributed by atoms with E-state index >= 15 is 0 Å². The first-order valence-corrected chi connectivity index (χ1v) is 5.69. The Morgan fingerprint density at radius 3 is 2.33 bits per heavy atom. The minimum Gasteiger partial charge on any atom is -0.493 e. The van der Waals surface area contributed by atoms with Gasteiger partial charge < -0.3 is 4.74 Å². The van der Waals surface area contributed by atoms with Crippen molar-refractivity contribution in [2.45, 2.75) is 46.5 Å². The van der Waals surface area contributed by atoms with Crippen molar-refractivity contribution in [3.63, 3.8) is 0 Å². The van der Waals surface area contributed by atoms with Gasteiger partial charge in [0.2, 0.25) is 0 Å². The molecule has 0 aliphatic heterocycles. The zero-order valence-electron chi connectivity index (χ0n) is 10.6. The molecule has 0 saturated heterocycles. The van der Waals surface area contributed by atoms with Crippen LogP contribution in [0.15, 0.2) is 18.2 Å². The molecular weight excluding hydrogens is 184 g/mol. The fraction of sp³-hybridized carbons (Fsp3) is 0.571. The summed E-state index contributed by atoms with van der Waals surface area (Å²) in [6.45, 7) is 11.7. The molecule has 1 aromatic rings. The lowest BCUT2D eigenvalue weighted by Gasteiger charge is -2.20. The van der Waals surface area contributed by atoms with Gasteiger partial charge in [-0.3, -0.25) is 0 Å². The fourth-order valence-electron chi connectivity index (χ4n) is 1.49. The molecule has 0 aliphatic rings. The SMILES string of the molecule is CCCOc1ccc(C(C)(C)C)cc1C. The molecule has 0 spiro atoms. The molecule has 0 aromatic heterocycles. The summed E-state index contributed by atoms with van der Waals surface area (Å²) >= 11 is 0. The molecular formula is C14H22O. The molecule has 0 aliphatic carbocycles. The second-order valence-electron chi connectivity index (χ2n) is 5.08. The second-order valence-corrected chi connectivity index (χ2v) is 5.08. The summed E-state index contributed by atoms with van der Waals surface area (Å²) in [5.74, 6) is 1.02. The van der Waals surface area contributed by atoms with Crippen LogP contribution in [0.4, 0.5) is 0 Å². The van der Waals surface area contributed by atoms with Crippen LogP contribution < -0.4 is 4.74 Å². The molecule has 0 radical (unpaired) electrons. The summed E-state index contributed by atoms with van der Waals surface area (Å²) in [7, 11) is 0. The van der Waals surface area contributed by atoms with Crippen LogP contribution >= 0.6 is 0 Å². The Morgan fingerprint density at radius 1 is 1.20 bits per heavy atom. The van der Waals surface area contributed by atoms with E-state index in [1.807, 2.05) is 0 Å². The smallest absolute Gasteiger partial charge is 0.122 e. The highest BCUT2D eigenvalue weighted by Crippen LogP contribution is 2.27. The fourth-order valence-corrected chi connectivity index (χ4v) is 1.49. The van der Waals surface area contributed by atoms with E-state index < -0.39 is 0 Å². The number of rotatable bonds is 3. The normalized spacial score (nSPS) is 11.5. The highest BCUT2D eigenvalue weighted by atomic mass is 16.5. The van der Waals surface area contributed by atoms with E-state index in [0.717, 1.165) is 18.8 Å². The Bertz CT molecular complexity index is 321. The van der Waals surface area contributed by atoms with Crippen molar-refractivity contribution in [3.8, 4) is 5.75 Å². The van der Waals surface area contributed by atoms with Gasteiger partial charge in [-0.1, -0.05) is 39.8 Å². The van der Waals surface area contributed by atoms with Gasteiger partial charge in [0.15, 0.2) is 0 Å². The Morgan fingerprint density at radius 2 is 1.87 bits per heavy atom. The first-order valence-electron chi connectivity index (χ1n) is 5.69. The largest absolute Gasteiger partial charge is 0.493 e. The molecule has 1 heteroatoms. The summed E-state index contributed by atoms with van der Waals surface area (Å²) in [4.78, 5) is 0. The number of hydrogen-bond donors (Lipinski definition) is 0. The molecule has 84 valence electrons. The van der Waals surface area contributed by atoms with Crippen molar-refractivity contribution in [2.75, 3.05) is 6.61 Å². The Labute approximate surface area is 93.5 Å². The number of aryl methyl sites for hydroxylation is 1. The van der Waals surface area contributed by atoms with Crippen molar-refractivity contribution >= 4 is 0 Å². The average Bonchev–Trinajstić information content (AvgIpc) is 2.14. The molecule has 15 heavy (non-hydrogen) atoms. The Hall–Kier alpha value is -0.980. The second kappa shape index (κ2) is 4.69. The molecule has 0 saturated carbocycles. The monoisotopic (exact) mass is 206 g/mol. The topological polar surface area (TPSA) is 9.23 Å². The maximum Gasteiger partial charge on any atom is 0.122 e. The van der Waals surface area contributed by atoms with Gasteiger partial charge in [0.1, 0.15) is 5.75 Å².